The van der Waals surface area contributed by atoms with Gasteiger partial charge in [-0.3, -0.25) is 19.9 Å². The summed E-state index contributed by atoms with van der Waals surface area (Å²) in [4.78, 5) is 27.4. The minimum atomic E-state index is -0.736. The summed E-state index contributed by atoms with van der Waals surface area (Å²) in [5.41, 5.74) is 1.24. The molecule has 19 heavy (non-hydrogen) atoms. The molecule has 0 atom stereocenters. The van der Waals surface area contributed by atoms with Gasteiger partial charge in [0.05, 0.1) is 6.54 Å². The standard InChI is InChI=1S/C12H12ClN3O2S/c1-7-8(13)3-2-4-9(7)15-10(17)11(18)16-12-14-5-6-19-12/h2-4H,5-6H2,1H3,(H,15,17)(H,14,16,18). The van der Waals surface area contributed by atoms with Crippen LogP contribution in [0.25, 0.3) is 0 Å². The number of nitrogens with one attached hydrogen (secondary N) is 2. The summed E-state index contributed by atoms with van der Waals surface area (Å²) in [6.07, 6.45) is 0. The van der Waals surface area contributed by atoms with Gasteiger partial charge in [-0.2, -0.15) is 0 Å². The Kier molecular flexibility index (Phi) is 4.44. The average molecular weight is 298 g/mol. The van der Waals surface area contributed by atoms with Gasteiger partial charge in [-0.15, -0.1) is 0 Å². The van der Waals surface area contributed by atoms with Gasteiger partial charge < -0.3 is 5.32 Å². The van der Waals surface area contributed by atoms with E-state index in [1.54, 1.807) is 25.1 Å². The van der Waals surface area contributed by atoms with Gasteiger partial charge in [0.1, 0.15) is 0 Å². The lowest BCUT2D eigenvalue weighted by atomic mass is 10.2. The highest BCUT2D eigenvalue weighted by molar-refractivity contribution is 8.14. The Morgan fingerprint density at radius 3 is 2.74 bits per heavy atom. The van der Waals surface area contributed by atoms with Gasteiger partial charge in [0.25, 0.3) is 0 Å². The van der Waals surface area contributed by atoms with Crippen LogP contribution in [0.2, 0.25) is 5.02 Å². The Bertz CT molecular complexity index is 560. The van der Waals surface area contributed by atoms with Crippen molar-refractivity contribution in [3.8, 4) is 0 Å². The number of amidine groups is 1. The number of amides is 2. The second-order valence-corrected chi connectivity index (χ2v) is 5.35. The van der Waals surface area contributed by atoms with Crippen LogP contribution in [0, 0.1) is 6.92 Å². The fourth-order valence-electron chi connectivity index (χ4n) is 1.49. The van der Waals surface area contributed by atoms with E-state index < -0.39 is 11.8 Å². The normalized spacial score (nSPS) is 13.9. The SMILES string of the molecule is Cc1c(Cl)cccc1NC(=O)C(=O)NC1=NCCS1. The number of rotatable bonds is 1. The molecule has 7 heteroatoms. The van der Waals surface area contributed by atoms with Crippen molar-refractivity contribution in [2.24, 2.45) is 4.99 Å². The molecule has 100 valence electrons. The first-order valence-corrected chi connectivity index (χ1v) is 6.99. The summed E-state index contributed by atoms with van der Waals surface area (Å²) in [7, 11) is 0. The van der Waals surface area contributed by atoms with E-state index in [0.29, 0.717) is 22.4 Å². The Balaban J connectivity index is 2.00. The molecule has 0 fully saturated rings. The van der Waals surface area contributed by atoms with Gasteiger partial charge in [-0.25, -0.2) is 0 Å². The number of carbonyl (C=O) groups excluding carboxylic acids is 2. The Labute approximate surface area is 119 Å². The van der Waals surface area contributed by atoms with Crippen LogP contribution < -0.4 is 10.6 Å². The first kappa shape index (κ1) is 13.9. The summed E-state index contributed by atoms with van der Waals surface area (Å²) in [6, 6.07) is 5.12. The van der Waals surface area contributed by atoms with E-state index in [1.807, 2.05) is 0 Å². The Morgan fingerprint density at radius 1 is 1.32 bits per heavy atom. The molecule has 1 heterocycles. The minimum absolute atomic E-state index is 0.489. The molecule has 0 aliphatic carbocycles. The van der Waals surface area contributed by atoms with Crippen molar-refractivity contribution >= 4 is 46.0 Å². The van der Waals surface area contributed by atoms with Crippen molar-refractivity contribution in [2.45, 2.75) is 6.92 Å². The number of hydrogen-bond donors (Lipinski definition) is 2. The number of aliphatic imine (C=N–C) groups is 1. The van der Waals surface area contributed by atoms with Crippen molar-refractivity contribution in [3.05, 3.63) is 28.8 Å². The third-order valence-electron chi connectivity index (χ3n) is 2.53. The van der Waals surface area contributed by atoms with E-state index in [1.165, 1.54) is 11.8 Å². The fourth-order valence-corrected chi connectivity index (χ4v) is 2.38. The molecule has 2 N–H and O–H groups in total. The molecule has 0 bridgehead atoms. The van der Waals surface area contributed by atoms with Gasteiger partial charge in [-0.1, -0.05) is 29.4 Å². The molecule has 0 radical (unpaired) electrons. The summed E-state index contributed by atoms with van der Waals surface area (Å²) in [5, 5.41) is 6.01. The quantitative estimate of drug-likeness (QED) is 0.777. The van der Waals surface area contributed by atoms with E-state index in [-0.39, 0.29) is 0 Å². The number of carbonyl (C=O) groups is 2. The number of thioether (sulfide) groups is 1. The van der Waals surface area contributed by atoms with E-state index in [0.717, 1.165) is 11.3 Å². The molecule has 0 spiro atoms. The molecule has 1 aliphatic rings. The number of halogens is 1. The molecule has 2 rings (SSSR count). The number of nitrogens with zero attached hydrogens (tertiary/aromatic N) is 1. The molecular formula is C12H12ClN3O2S. The lowest BCUT2D eigenvalue weighted by Crippen LogP contribution is -2.37. The highest BCUT2D eigenvalue weighted by atomic mass is 35.5. The maximum absolute atomic E-state index is 11.7. The van der Waals surface area contributed by atoms with Gasteiger partial charge in [0.15, 0.2) is 5.17 Å². The summed E-state index contributed by atoms with van der Waals surface area (Å²) >= 11 is 7.36. The molecule has 1 aliphatic heterocycles. The molecule has 5 nitrogen and oxygen atoms in total. The van der Waals surface area contributed by atoms with Crippen LogP contribution in [-0.2, 0) is 9.59 Å². The molecule has 0 aromatic heterocycles. The van der Waals surface area contributed by atoms with Crippen LogP contribution in [0.1, 0.15) is 5.56 Å². The number of hydrogen-bond acceptors (Lipinski definition) is 4. The summed E-state index contributed by atoms with van der Waals surface area (Å²) in [5.74, 6) is -0.641. The second kappa shape index (κ2) is 6.08. The van der Waals surface area contributed by atoms with Crippen molar-refractivity contribution in [1.29, 1.82) is 0 Å². The van der Waals surface area contributed by atoms with E-state index >= 15 is 0 Å². The molecule has 0 saturated heterocycles. The van der Waals surface area contributed by atoms with Gasteiger partial charge >= 0.3 is 11.8 Å². The van der Waals surface area contributed by atoms with Gasteiger partial charge in [-0.05, 0) is 24.6 Å². The van der Waals surface area contributed by atoms with Gasteiger partial charge in [0.2, 0.25) is 0 Å². The van der Waals surface area contributed by atoms with Crippen LogP contribution in [0.15, 0.2) is 23.2 Å². The van der Waals surface area contributed by atoms with Crippen molar-refractivity contribution in [1.82, 2.24) is 5.32 Å². The second-order valence-electron chi connectivity index (χ2n) is 3.86. The zero-order chi connectivity index (χ0) is 13.8. The molecule has 0 unspecified atom stereocenters. The van der Waals surface area contributed by atoms with Gasteiger partial charge in [0, 0.05) is 16.5 Å². The number of anilines is 1. The predicted molar refractivity (Wildman–Crippen MR) is 77.7 cm³/mol. The summed E-state index contributed by atoms with van der Waals surface area (Å²) < 4.78 is 0. The van der Waals surface area contributed by atoms with Crippen molar-refractivity contribution < 1.29 is 9.59 Å². The highest BCUT2D eigenvalue weighted by Crippen LogP contribution is 2.22. The van der Waals surface area contributed by atoms with E-state index in [4.69, 9.17) is 11.6 Å². The molecule has 2 amide bonds. The minimum Gasteiger partial charge on any atom is -0.317 e. The molecule has 1 aromatic carbocycles. The Hall–Kier alpha value is -1.53. The van der Waals surface area contributed by atoms with E-state index in [9.17, 15) is 9.59 Å². The summed E-state index contributed by atoms with van der Waals surface area (Å²) in [6.45, 7) is 2.43. The molecular weight excluding hydrogens is 286 g/mol. The maximum atomic E-state index is 11.7. The smallest absolute Gasteiger partial charge is 0.315 e. The third kappa shape index (κ3) is 3.48. The number of benzene rings is 1. The van der Waals surface area contributed by atoms with Crippen LogP contribution in [-0.4, -0.2) is 29.3 Å². The first-order valence-electron chi connectivity index (χ1n) is 5.62. The van der Waals surface area contributed by atoms with Crippen LogP contribution in [0.4, 0.5) is 5.69 Å². The van der Waals surface area contributed by atoms with Crippen molar-refractivity contribution in [3.63, 3.8) is 0 Å². The lowest BCUT2D eigenvalue weighted by molar-refractivity contribution is -0.135. The largest absolute Gasteiger partial charge is 0.317 e. The zero-order valence-corrected chi connectivity index (χ0v) is 11.8. The van der Waals surface area contributed by atoms with Crippen molar-refractivity contribution in [2.75, 3.05) is 17.6 Å². The monoisotopic (exact) mass is 297 g/mol. The predicted octanol–water partition coefficient (Wildman–Crippen LogP) is 1.81. The maximum Gasteiger partial charge on any atom is 0.315 e. The zero-order valence-electron chi connectivity index (χ0n) is 10.2. The van der Waals surface area contributed by atoms with Crippen LogP contribution in [0.3, 0.4) is 0 Å². The topological polar surface area (TPSA) is 70.6 Å². The Morgan fingerprint density at radius 2 is 2.05 bits per heavy atom. The first-order chi connectivity index (χ1) is 9.08. The highest BCUT2D eigenvalue weighted by Gasteiger charge is 2.18. The van der Waals surface area contributed by atoms with E-state index in [2.05, 4.69) is 15.6 Å². The average Bonchev–Trinajstić information content (AvgIpc) is 2.87. The molecule has 1 aromatic rings. The van der Waals surface area contributed by atoms with Crippen LogP contribution >= 0.6 is 23.4 Å². The molecule has 0 saturated carbocycles. The fraction of sp³-hybridized carbons (Fsp3) is 0.250. The third-order valence-corrected chi connectivity index (χ3v) is 3.83. The van der Waals surface area contributed by atoms with Crippen LogP contribution in [0.5, 0.6) is 0 Å². The lowest BCUT2D eigenvalue weighted by Gasteiger charge is -2.09.